The standard InChI is InChI=1S/C24H26N2O4/c1-5-29-23(27)20-15(3)26-16(4)21(24(28)30-6-2)22(20)18-10-7-9-17(13-18)19-11-8-12-25-14-19/h7-14,22,26H,5-6H2,1-4H3. The SMILES string of the molecule is CCOC(=O)C1=C(C)NC(C)=C(C(=O)OCC)C1c1cccc(-c2cccnc2)c1. The second-order valence-corrected chi connectivity index (χ2v) is 6.94. The summed E-state index contributed by atoms with van der Waals surface area (Å²) in [6, 6.07) is 11.6. The molecule has 1 aliphatic heterocycles. The van der Waals surface area contributed by atoms with E-state index in [2.05, 4.69) is 10.3 Å². The molecule has 6 nitrogen and oxygen atoms in total. The molecule has 1 N–H and O–H groups in total. The summed E-state index contributed by atoms with van der Waals surface area (Å²) in [4.78, 5) is 29.9. The molecule has 0 saturated heterocycles. The maximum atomic E-state index is 12.9. The lowest BCUT2D eigenvalue weighted by molar-refractivity contribution is -0.139. The molecule has 156 valence electrons. The minimum Gasteiger partial charge on any atom is -0.463 e. The average Bonchev–Trinajstić information content (AvgIpc) is 2.74. The maximum Gasteiger partial charge on any atom is 0.336 e. The Bertz CT molecular complexity index is 969. The molecular weight excluding hydrogens is 380 g/mol. The van der Waals surface area contributed by atoms with E-state index in [9.17, 15) is 9.59 Å². The molecule has 0 spiro atoms. The summed E-state index contributed by atoms with van der Waals surface area (Å²) in [5, 5.41) is 3.15. The Morgan fingerprint density at radius 3 is 2.07 bits per heavy atom. The molecule has 0 fully saturated rings. The van der Waals surface area contributed by atoms with Crippen LogP contribution in [0.25, 0.3) is 11.1 Å². The van der Waals surface area contributed by atoms with Gasteiger partial charge >= 0.3 is 11.9 Å². The number of carbonyl (C=O) groups excluding carboxylic acids is 2. The van der Waals surface area contributed by atoms with Crippen molar-refractivity contribution in [2.24, 2.45) is 0 Å². The Morgan fingerprint density at radius 1 is 0.933 bits per heavy atom. The van der Waals surface area contributed by atoms with Gasteiger partial charge in [0.1, 0.15) is 0 Å². The van der Waals surface area contributed by atoms with Gasteiger partial charge in [-0.05, 0) is 50.5 Å². The van der Waals surface area contributed by atoms with E-state index in [1.165, 1.54) is 0 Å². The monoisotopic (exact) mass is 406 g/mol. The highest BCUT2D eigenvalue weighted by Crippen LogP contribution is 2.40. The predicted molar refractivity (Wildman–Crippen MR) is 114 cm³/mol. The summed E-state index contributed by atoms with van der Waals surface area (Å²) in [6.07, 6.45) is 3.50. The van der Waals surface area contributed by atoms with Crippen molar-refractivity contribution >= 4 is 11.9 Å². The highest BCUT2D eigenvalue weighted by molar-refractivity contribution is 6.00. The molecule has 3 rings (SSSR count). The second-order valence-electron chi connectivity index (χ2n) is 6.94. The molecule has 0 unspecified atom stereocenters. The Kier molecular flexibility index (Phi) is 6.67. The van der Waals surface area contributed by atoms with Crippen molar-refractivity contribution in [2.75, 3.05) is 13.2 Å². The summed E-state index contributed by atoms with van der Waals surface area (Å²) in [5.41, 5.74) is 4.85. The van der Waals surface area contributed by atoms with Crippen molar-refractivity contribution in [1.82, 2.24) is 10.3 Å². The van der Waals surface area contributed by atoms with Gasteiger partial charge in [0.05, 0.1) is 30.3 Å². The lowest BCUT2D eigenvalue weighted by Crippen LogP contribution is -2.32. The fourth-order valence-corrected chi connectivity index (χ4v) is 3.72. The number of carbonyl (C=O) groups is 2. The third kappa shape index (κ3) is 4.27. The lowest BCUT2D eigenvalue weighted by atomic mass is 9.79. The summed E-state index contributed by atoms with van der Waals surface area (Å²) in [5.74, 6) is -1.50. The van der Waals surface area contributed by atoms with Gasteiger partial charge in [-0.15, -0.1) is 0 Å². The van der Waals surface area contributed by atoms with Gasteiger partial charge in [0.2, 0.25) is 0 Å². The van der Waals surface area contributed by atoms with Crippen LogP contribution in [0.5, 0.6) is 0 Å². The van der Waals surface area contributed by atoms with Gasteiger partial charge in [0.25, 0.3) is 0 Å². The molecular formula is C24H26N2O4. The van der Waals surface area contributed by atoms with Gasteiger partial charge in [-0.25, -0.2) is 9.59 Å². The number of nitrogens with one attached hydrogen (secondary N) is 1. The Labute approximate surface area is 176 Å². The number of hydrogen-bond donors (Lipinski definition) is 1. The minimum atomic E-state index is -0.596. The first-order valence-corrected chi connectivity index (χ1v) is 10.0. The van der Waals surface area contributed by atoms with Crippen molar-refractivity contribution in [3.8, 4) is 11.1 Å². The largest absolute Gasteiger partial charge is 0.463 e. The smallest absolute Gasteiger partial charge is 0.336 e. The number of aromatic nitrogens is 1. The van der Waals surface area contributed by atoms with Gasteiger partial charge in [0, 0.05) is 23.8 Å². The number of benzene rings is 1. The van der Waals surface area contributed by atoms with Crippen LogP contribution in [0.15, 0.2) is 71.3 Å². The minimum absolute atomic E-state index is 0.246. The molecule has 2 aromatic rings. The van der Waals surface area contributed by atoms with E-state index in [4.69, 9.17) is 9.47 Å². The van der Waals surface area contributed by atoms with E-state index in [0.717, 1.165) is 16.7 Å². The van der Waals surface area contributed by atoms with Crippen LogP contribution in [0.4, 0.5) is 0 Å². The third-order valence-electron chi connectivity index (χ3n) is 4.97. The fourth-order valence-electron chi connectivity index (χ4n) is 3.72. The summed E-state index contributed by atoms with van der Waals surface area (Å²) < 4.78 is 10.6. The van der Waals surface area contributed by atoms with E-state index < -0.39 is 17.9 Å². The summed E-state index contributed by atoms with van der Waals surface area (Å²) in [7, 11) is 0. The highest BCUT2D eigenvalue weighted by atomic mass is 16.5. The Balaban J connectivity index is 2.17. The molecule has 1 aromatic heterocycles. The maximum absolute atomic E-state index is 12.9. The first kappa shape index (κ1) is 21.3. The van der Waals surface area contributed by atoms with Gasteiger partial charge in [-0.3, -0.25) is 4.98 Å². The fraction of sp³-hybridized carbons (Fsp3) is 0.292. The zero-order valence-electron chi connectivity index (χ0n) is 17.7. The molecule has 6 heteroatoms. The number of hydrogen-bond acceptors (Lipinski definition) is 6. The van der Waals surface area contributed by atoms with Crippen LogP contribution in [0.3, 0.4) is 0 Å². The van der Waals surface area contributed by atoms with Crippen LogP contribution < -0.4 is 5.32 Å². The molecule has 2 heterocycles. The van der Waals surface area contributed by atoms with Crippen LogP contribution in [0.1, 0.15) is 39.2 Å². The number of rotatable bonds is 6. The van der Waals surface area contributed by atoms with Crippen molar-refractivity contribution < 1.29 is 19.1 Å². The highest BCUT2D eigenvalue weighted by Gasteiger charge is 2.37. The molecule has 0 bridgehead atoms. The molecule has 0 radical (unpaired) electrons. The van der Waals surface area contributed by atoms with E-state index in [1.54, 1.807) is 26.2 Å². The normalized spacial score (nSPS) is 14.4. The molecule has 0 amide bonds. The van der Waals surface area contributed by atoms with Gasteiger partial charge in [-0.1, -0.05) is 30.3 Å². The van der Waals surface area contributed by atoms with Gasteiger partial charge in [-0.2, -0.15) is 0 Å². The molecule has 0 saturated carbocycles. The number of ether oxygens (including phenoxy) is 2. The van der Waals surface area contributed by atoms with Crippen molar-refractivity contribution in [3.63, 3.8) is 0 Å². The first-order valence-electron chi connectivity index (χ1n) is 10.0. The molecule has 0 atom stereocenters. The third-order valence-corrected chi connectivity index (χ3v) is 4.97. The molecule has 0 aliphatic carbocycles. The van der Waals surface area contributed by atoms with Crippen molar-refractivity contribution in [1.29, 1.82) is 0 Å². The van der Waals surface area contributed by atoms with Gasteiger partial charge in [0.15, 0.2) is 0 Å². The number of pyridine rings is 1. The Hall–Kier alpha value is -3.41. The number of allylic oxidation sites excluding steroid dienone is 2. The van der Waals surface area contributed by atoms with Crippen LogP contribution in [0, 0.1) is 0 Å². The van der Waals surface area contributed by atoms with E-state index in [1.807, 2.05) is 50.2 Å². The quantitative estimate of drug-likeness (QED) is 0.728. The zero-order valence-corrected chi connectivity index (χ0v) is 17.7. The topological polar surface area (TPSA) is 77.5 Å². The van der Waals surface area contributed by atoms with Crippen LogP contribution in [-0.4, -0.2) is 30.1 Å². The Morgan fingerprint density at radius 2 is 1.53 bits per heavy atom. The van der Waals surface area contributed by atoms with Gasteiger partial charge < -0.3 is 14.8 Å². The molecule has 30 heavy (non-hydrogen) atoms. The number of dihydropyridines is 1. The number of nitrogens with zero attached hydrogens (tertiary/aromatic N) is 1. The first-order chi connectivity index (χ1) is 14.5. The average molecular weight is 406 g/mol. The van der Waals surface area contributed by atoms with E-state index >= 15 is 0 Å². The van der Waals surface area contributed by atoms with Crippen LogP contribution in [0.2, 0.25) is 0 Å². The zero-order chi connectivity index (χ0) is 21.7. The predicted octanol–water partition coefficient (Wildman–Crippen LogP) is 4.11. The lowest BCUT2D eigenvalue weighted by Gasteiger charge is -2.30. The summed E-state index contributed by atoms with van der Waals surface area (Å²) in [6.45, 7) is 7.64. The molecule has 1 aromatic carbocycles. The molecule has 1 aliphatic rings. The second kappa shape index (κ2) is 9.39. The van der Waals surface area contributed by atoms with Crippen LogP contribution >= 0.6 is 0 Å². The summed E-state index contributed by atoms with van der Waals surface area (Å²) >= 11 is 0. The van der Waals surface area contributed by atoms with Crippen LogP contribution in [-0.2, 0) is 19.1 Å². The number of esters is 2. The van der Waals surface area contributed by atoms with E-state index in [-0.39, 0.29) is 13.2 Å². The van der Waals surface area contributed by atoms with Crippen molar-refractivity contribution in [2.45, 2.75) is 33.6 Å². The van der Waals surface area contributed by atoms with E-state index in [0.29, 0.717) is 22.5 Å². The van der Waals surface area contributed by atoms with Crippen molar-refractivity contribution in [3.05, 3.63) is 76.9 Å².